The molecular formula is C12H23ClNP. The highest BCUT2D eigenvalue weighted by Crippen LogP contribution is 2.06. The van der Waals surface area contributed by atoms with Gasteiger partial charge in [0.1, 0.15) is 0 Å². The first kappa shape index (κ1) is 17.3. The normalized spacial score (nSPS) is 8.93. The first-order chi connectivity index (χ1) is 6.33. The van der Waals surface area contributed by atoms with Gasteiger partial charge in [-0.05, 0) is 37.5 Å². The third-order valence-electron chi connectivity index (χ3n) is 2.26. The Morgan fingerprint density at radius 1 is 1.20 bits per heavy atom. The molecule has 3 heteroatoms. The molecule has 0 aromatic carbocycles. The molecule has 0 aliphatic carbocycles. The minimum absolute atomic E-state index is 0. The van der Waals surface area contributed by atoms with E-state index in [1.807, 2.05) is 6.20 Å². The molecule has 0 saturated carbocycles. The third kappa shape index (κ3) is 7.76. The van der Waals surface area contributed by atoms with Crippen molar-refractivity contribution >= 4 is 22.3 Å². The van der Waals surface area contributed by atoms with Gasteiger partial charge in [-0.3, -0.25) is 4.98 Å². The summed E-state index contributed by atoms with van der Waals surface area (Å²) in [5.74, 6) is 0. The van der Waals surface area contributed by atoms with Gasteiger partial charge in [0.25, 0.3) is 0 Å². The van der Waals surface area contributed by atoms with E-state index in [2.05, 4.69) is 31.0 Å². The van der Waals surface area contributed by atoms with Crippen molar-refractivity contribution in [1.29, 1.82) is 0 Å². The lowest BCUT2D eigenvalue weighted by Crippen LogP contribution is -1.90. The van der Waals surface area contributed by atoms with Gasteiger partial charge in [0, 0.05) is 11.9 Å². The highest BCUT2D eigenvalue weighted by molar-refractivity contribution is 6.92. The van der Waals surface area contributed by atoms with E-state index in [4.69, 9.17) is 0 Å². The molecule has 0 N–H and O–H groups in total. The first-order valence-corrected chi connectivity index (χ1v) is 5.24. The topological polar surface area (TPSA) is 12.9 Å². The van der Waals surface area contributed by atoms with E-state index < -0.39 is 0 Å². The molecule has 15 heavy (non-hydrogen) atoms. The van der Waals surface area contributed by atoms with Crippen molar-refractivity contribution in [1.82, 2.24) is 4.98 Å². The zero-order chi connectivity index (χ0) is 9.52. The number of halogens is 1. The fourth-order valence-corrected chi connectivity index (χ4v) is 1.47. The number of nitrogens with zero attached hydrogens (tertiary/aromatic N) is 1. The van der Waals surface area contributed by atoms with Gasteiger partial charge >= 0.3 is 0 Å². The smallest absolute Gasteiger partial charge is 0.0406 e. The zero-order valence-corrected chi connectivity index (χ0v) is 12.1. The molecule has 0 aliphatic rings. The fourth-order valence-electron chi connectivity index (χ4n) is 1.47. The second kappa shape index (κ2) is 10.4. The Labute approximate surface area is 103 Å². The van der Waals surface area contributed by atoms with Gasteiger partial charge in [-0.2, -0.15) is 9.90 Å². The lowest BCUT2D eigenvalue weighted by atomic mass is 10.1. The standard InChI is InChI=1S/C12H19N.ClH.H3P/c1-3-4-5-6-7-12-10-11(2)8-9-13-12;;/h8-10H,3-7H2,1-2H3;1H;1H3. The average molecular weight is 248 g/mol. The minimum Gasteiger partial charge on any atom is -0.261 e. The largest absolute Gasteiger partial charge is 0.261 e. The van der Waals surface area contributed by atoms with Gasteiger partial charge in [0.15, 0.2) is 0 Å². The summed E-state index contributed by atoms with van der Waals surface area (Å²) >= 11 is 0. The number of unbranched alkanes of at least 4 members (excludes halogenated alkanes) is 3. The van der Waals surface area contributed by atoms with Gasteiger partial charge < -0.3 is 0 Å². The van der Waals surface area contributed by atoms with Gasteiger partial charge in [-0.15, -0.1) is 12.4 Å². The SMILES string of the molecule is CCCCCCc1cc(C)ccn1.Cl.P. The molecule has 0 spiro atoms. The fraction of sp³-hybridized carbons (Fsp3) is 0.583. The Balaban J connectivity index is 0. The molecule has 1 unspecified atom stereocenters. The molecule has 1 aromatic rings. The molecule has 0 radical (unpaired) electrons. The minimum atomic E-state index is 0. The molecule has 0 bridgehead atoms. The number of hydrogen-bond donors (Lipinski definition) is 0. The van der Waals surface area contributed by atoms with E-state index in [0.717, 1.165) is 6.42 Å². The molecule has 0 aliphatic heterocycles. The number of pyridine rings is 1. The third-order valence-corrected chi connectivity index (χ3v) is 2.26. The Bertz CT molecular complexity index is 253. The summed E-state index contributed by atoms with van der Waals surface area (Å²) in [7, 11) is 0. The Morgan fingerprint density at radius 3 is 2.53 bits per heavy atom. The number of hydrogen-bond acceptors (Lipinski definition) is 1. The van der Waals surface area contributed by atoms with Gasteiger partial charge in [0.05, 0.1) is 0 Å². The van der Waals surface area contributed by atoms with Crippen LogP contribution in [-0.2, 0) is 6.42 Å². The molecule has 0 amide bonds. The summed E-state index contributed by atoms with van der Waals surface area (Å²) in [6.45, 7) is 4.36. The van der Waals surface area contributed by atoms with E-state index >= 15 is 0 Å². The first-order valence-electron chi connectivity index (χ1n) is 5.24. The van der Waals surface area contributed by atoms with Crippen LogP contribution in [0.5, 0.6) is 0 Å². The van der Waals surface area contributed by atoms with Crippen LogP contribution in [-0.4, -0.2) is 4.98 Å². The molecule has 88 valence electrons. The predicted octanol–water partition coefficient (Wildman–Crippen LogP) is 3.99. The monoisotopic (exact) mass is 247 g/mol. The van der Waals surface area contributed by atoms with Crippen molar-refractivity contribution in [2.24, 2.45) is 0 Å². The van der Waals surface area contributed by atoms with Crippen LogP contribution < -0.4 is 0 Å². The van der Waals surface area contributed by atoms with Crippen molar-refractivity contribution in [3.8, 4) is 0 Å². The van der Waals surface area contributed by atoms with Crippen LogP contribution in [0.4, 0.5) is 0 Å². The summed E-state index contributed by atoms with van der Waals surface area (Å²) in [5, 5.41) is 0. The molecule has 0 saturated heterocycles. The summed E-state index contributed by atoms with van der Waals surface area (Å²) in [6, 6.07) is 4.24. The quantitative estimate of drug-likeness (QED) is 0.566. The van der Waals surface area contributed by atoms with Crippen molar-refractivity contribution in [2.75, 3.05) is 0 Å². The van der Waals surface area contributed by atoms with E-state index in [1.54, 1.807) is 0 Å². The second-order valence-electron chi connectivity index (χ2n) is 3.64. The molecule has 1 nitrogen and oxygen atoms in total. The van der Waals surface area contributed by atoms with Gasteiger partial charge in [-0.25, -0.2) is 0 Å². The highest BCUT2D eigenvalue weighted by Gasteiger charge is 1.94. The van der Waals surface area contributed by atoms with Crippen molar-refractivity contribution in [3.05, 3.63) is 29.6 Å². The molecule has 1 rings (SSSR count). The van der Waals surface area contributed by atoms with Crippen LogP contribution in [0.2, 0.25) is 0 Å². The van der Waals surface area contributed by atoms with Gasteiger partial charge in [0.2, 0.25) is 0 Å². The summed E-state index contributed by atoms with van der Waals surface area (Å²) in [5.41, 5.74) is 2.57. The maximum absolute atomic E-state index is 4.34. The van der Waals surface area contributed by atoms with Crippen LogP contribution >= 0.6 is 22.3 Å². The van der Waals surface area contributed by atoms with E-state index in [0.29, 0.717) is 0 Å². The Morgan fingerprint density at radius 2 is 1.93 bits per heavy atom. The highest BCUT2D eigenvalue weighted by atomic mass is 35.5. The predicted molar refractivity (Wildman–Crippen MR) is 75.2 cm³/mol. The molecule has 1 atom stereocenters. The van der Waals surface area contributed by atoms with Crippen LogP contribution in [0.1, 0.15) is 43.9 Å². The summed E-state index contributed by atoms with van der Waals surface area (Å²) < 4.78 is 0. The number of aryl methyl sites for hydroxylation is 2. The van der Waals surface area contributed by atoms with Crippen LogP contribution in [0.15, 0.2) is 18.3 Å². The van der Waals surface area contributed by atoms with Crippen molar-refractivity contribution in [2.45, 2.75) is 46.0 Å². The Kier molecular flexibility index (Phi) is 12.0. The lowest BCUT2D eigenvalue weighted by Gasteiger charge is -2.00. The van der Waals surface area contributed by atoms with E-state index in [9.17, 15) is 0 Å². The maximum Gasteiger partial charge on any atom is 0.0406 e. The summed E-state index contributed by atoms with van der Waals surface area (Å²) in [6.07, 6.45) is 8.33. The van der Waals surface area contributed by atoms with Crippen molar-refractivity contribution in [3.63, 3.8) is 0 Å². The van der Waals surface area contributed by atoms with Crippen LogP contribution in [0.3, 0.4) is 0 Å². The molecule has 1 aromatic heterocycles. The summed E-state index contributed by atoms with van der Waals surface area (Å²) in [4.78, 5) is 4.34. The Hall–Kier alpha value is -0.130. The van der Waals surface area contributed by atoms with Crippen LogP contribution in [0, 0.1) is 6.92 Å². The zero-order valence-electron chi connectivity index (χ0n) is 9.83. The maximum atomic E-state index is 4.34. The molecular weight excluding hydrogens is 225 g/mol. The van der Waals surface area contributed by atoms with Gasteiger partial charge in [-0.1, -0.05) is 26.2 Å². The second-order valence-corrected chi connectivity index (χ2v) is 3.64. The molecule has 0 fully saturated rings. The van der Waals surface area contributed by atoms with E-state index in [-0.39, 0.29) is 22.3 Å². The van der Waals surface area contributed by atoms with E-state index in [1.165, 1.54) is 36.9 Å². The van der Waals surface area contributed by atoms with Crippen molar-refractivity contribution < 1.29 is 0 Å². The lowest BCUT2D eigenvalue weighted by molar-refractivity contribution is 0.660. The average Bonchev–Trinajstić information content (AvgIpc) is 2.13. The van der Waals surface area contributed by atoms with Crippen LogP contribution in [0.25, 0.3) is 0 Å². The molecule has 1 heterocycles. The number of aromatic nitrogens is 1. The number of rotatable bonds is 5.